The normalized spacial score (nSPS) is 28.1. The second kappa shape index (κ2) is 3.81. The first-order valence-corrected chi connectivity index (χ1v) is 5.43. The third-order valence-corrected chi connectivity index (χ3v) is 3.36. The molecule has 5 heteroatoms. The Balaban J connectivity index is 1.94. The van der Waals surface area contributed by atoms with Crippen molar-refractivity contribution in [3.8, 4) is 0 Å². The van der Waals surface area contributed by atoms with Crippen molar-refractivity contribution < 1.29 is 14.7 Å². The fraction of sp³-hybridized carbons (Fsp3) is 0.800. The highest BCUT2D eigenvalue weighted by atomic mass is 16.4. The van der Waals surface area contributed by atoms with Gasteiger partial charge in [0.1, 0.15) is 5.54 Å². The Labute approximate surface area is 88.2 Å². The first kappa shape index (κ1) is 10.4. The van der Waals surface area contributed by atoms with Crippen LogP contribution in [0.1, 0.15) is 32.1 Å². The maximum Gasteiger partial charge on any atom is 0.329 e. The SMILES string of the molecule is O=C(NC1(C(=O)O)CCC1)[C@H]1CCCN1. The van der Waals surface area contributed by atoms with Gasteiger partial charge >= 0.3 is 5.97 Å². The molecule has 0 aromatic carbocycles. The Morgan fingerprint density at radius 1 is 1.33 bits per heavy atom. The maximum absolute atomic E-state index is 11.7. The summed E-state index contributed by atoms with van der Waals surface area (Å²) in [5.74, 6) is -1.06. The summed E-state index contributed by atoms with van der Waals surface area (Å²) < 4.78 is 0. The van der Waals surface area contributed by atoms with E-state index in [1.54, 1.807) is 0 Å². The molecular weight excluding hydrogens is 196 g/mol. The summed E-state index contributed by atoms with van der Waals surface area (Å²) in [4.78, 5) is 22.7. The number of carbonyl (C=O) groups is 2. The highest BCUT2D eigenvalue weighted by Gasteiger charge is 2.46. The minimum Gasteiger partial charge on any atom is -0.480 e. The van der Waals surface area contributed by atoms with E-state index >= 15 is 0 Å². The number of nitrogens with one attached hydrogen (secondary N) is 2. The van der Waals surface area contributed by atoms with Crippen molar-refractivity contribution in [1.82, 2.24) is 10.6 Å². The fourth-order valence-corrected chi connectivity index (χ4v) is 2.15. The standard InChI is InChI=1S/C10H16N2O3/c13-8(7-3-1-6-11-7)12-10(9(14)15)4-2-5-10/h7,11H,1-6H2,(H,12,13)(H,14,15)/t7-/m1/s1. The molecule has 3 N–H and O–H groups in total. The molecule has 1 aliphatic carbocycles. The van der Waals surface area contributed by atoms with E-state index in [1.165, 1.54) is 0 Å². The molecule has 2 rings (SSSR count). The van der Waals surface area contributed by atoms with E-state index in [0.29, 0.717) is 12.8 Å². The predicted octanol–water partition coefficient (Wildman–Crippen LogP) is -0.138. The predicted molar refractivity (Wildman–Crippen MR) is 53.4 cm³/mol. The molecule has 1 heterocycles. The van der Waals surface area contributed by atoms with Crippen molar-refractivity contribution in [2.24, 2.45) is 0 Å². The lowest BCUT2D eigenvalue weighted by molar-refractivity contribution is -0.152. The topological polar surface area (TPSA) is 78.4 Å². The third-order valence-electron chi connectivity index (χ3n) is 3.36. The Bertz CT molecular complexity index is 280. The zero-order valence-corrected chi connectivity index (χ0v) is 8.58. The number of hydrogen-bond donors (Lipinski definition) is 3. The molecule has 0 radical (unpaired) electrons. The summed E-state index contributed by atoms with van der Waals surface area (Å²) in [5, 5.41) is 14.8. The van der Waals surface area contributed by atoms with Gasteiger partial charge in [-0.1, -0.05) is 0 Å². The van der Waals surface area contributed by atoms with Crippen molar-refractivity contribution in [2.45, 2.75) is 43.7 Å². The molecule has 1 saturated heterocycles. The molecule has 0 unspecified atom stereocenters. The quantitative estimate of drug-likeness (QED) is 0.608. The molecule has 1 atom stereocenters. The highest BCUT2D eigenvalue weighted by Crippen LogP contribution is 2.32. The van der Waals surface area contributed by atoms with Gasteiger partial charge in [-0.3, -0.25) is 4.79 Å². The van der Waals surface area contributed by atoms with Crippen molar-refractivity contribution in [1.29, 1.82) is 0 Å². The van der Waals surface area contributed by atoms with Crippen LogP contribution in [0.2, 0.25) is 0 Å². The molecule has 0 aromatic rings. The van der Waals surface area contributed by atoms with Crippen LogP contribution in [0.5, 0.6) is 0 Å². The van der Waals surface area contributed by atoms with Crippen LogP contribution in [-0.2, 0) is 9.59 Å². The first-order valence-electron chi connectivity index (χ1n) is 5.43. The summed E-state index contributed by atoms with van der Waals surface area (Å²) >= 11 is 0. The van der Waals surface area contributed by atoms with Crippen molar-refractivity contribution >= 4 is 11.9 Å². The second-order valence-electron chi connectivity index (χ2n) is 4.38. The van der Waals surface area contributed by atoms with Crippen LogP contribution in [-0.4, -0.2) is 35.1 Å². The fourth-order valence-electron chi connectivity index (χ4n) is 2.15. The highest BCUT2D eigenvalue weighted by molar-refractivity contribution is 5.90. The molecule has 2 fully saturated rings. The molecule has 15 heavy (non-hydrogen) atoms. The lowest BCUT2D eigenvalue weighted by atomic mass is 9.76. The number of carbonyl (C=O) groups excluding carboxylic acids is 1. The van der Waals surface area contributed by atoms with E-state index < -0.39 is 11.5 Å². The number of carboxylic acid groups (broad SMARTS) is 1. The van der Waals surface area contributed by atoms with Gasteiger partial charge in [0, 0.05) is 0 Å². The van der Waals surface area contributed by atoms with Crippen LogP contribution < -0.4 is 10.6 Å². The van der Waals surface area contributed by atoms with Crippen LogP contribution in [0.25, 0.3) is 0 Å². The average Bonchev–Trinajstić information content (AvgIpc) is 2.62. The van der Waals surface area contributed by atoms with Gasteiger partial charge in [0.25, 0.3) is 0 Å². The number of amides is 1. The molecule has 84 valence electrons. The summed E-state index contributed by atoms with van der Waals surface area (Å²) in [7, 11) is 0. The third kappa shape index (κ3) is 1.84. The second-order valence-corrected chi connectivity index (χ2v) is 4.38. The molecule has 0 aromatic heterocycles. The van der Waals surface area contributed by atoms with Gasteiger partial charge < -0.3 is 15.7 Å². The van der Waals surface area contributed by atoms with E-state index in [-0.39, 0.29) is 11.9 Å². The van der Waals surface area contributed by atoms with Crippen molar-refractivity contribution in [2.75, 3.05) is 6.54 Å². The Morgan fingerprint density at radius 2 is 2.07 bits per heavy atom. The van der Waals surface area contributed by atoms with E-state index in [2.05, 4.69) is 10.6 Å². The van der Waals surface area contributed by atoms with Gasteiger partial charge in [-0.15, -0.1) is 0 Å². The van der Waals surface area contributed by atoms with Gasteiger partial charge in [-0.25, -0.2) is 4.79 Å². The summed E-state index contributed by atoms with van der Waals surface area (Å²) in [5.41, 5.74) is -0.971. The lowest BCUT2D eigenvalue weighted by Gasteiger charge is -2.38. The van der Waals surface area contributed by atoms with Crippen LogP contribution in [0, 0.1) is 0 Å². The molecule has 2 aliphatic rings. The van der Waals surface area contributed by atoms with Gasteiger partial charge in [-0.05, 0) is 38.6 Å². The Morgan fingerprint density at radius 3 is 2.47 bits per heavy atom. The zero-order valence-electron chi connectivity index (χ0n) is 8.58. The molecule has 5 nitrogen and oxygen atoms in total. The van der Waals surface area contributed by atoms with E-state index in [4.69, 9.17) is 5.11 Å². The van der Waals surface area contributed by atoms with Gasteiger partial charge in [0.15, 0.2) is 0 Å². The molecule has 1 saturated carbocycles. The van der Waals surface area contributed by atoms with Crippen LogP contribution >= 0.6 is 0 Å². The molecule has 1 amide bonds. The average molecular weight is 212 g/mol. The number of hydrogen-bond acceptors (Lipinski definition) is 3. The molecule has 0 spiro atoms. The van der Waals surface area contributed by atoms with Crippen LogP contribution in [0.15, 0.2) is 0 Å². The van der Waals surface area contributed by atoms with Gasteiger partial charge in [0.05, 0.1) is 6.04 Å². The Hall–Kier alpha value is -1.10. The van der Waals surface area contributed by atoms with Crippen molar-refractivity contribution in [3.63, 3.8) is 0 Å². The van der Waals surface area contributed by atoms with Crippen LogP contribution in [0.4, 0.5) is 0 Å². The lowest BCUT2D eigenvalue weighted by Crippen LogP contribution is -2.61. The Kier molecular flexibility index (Phi) is 2.65. The number of rotatable bonds is 3. The smallest absolute Gasteiger partial charge is 0.329 e. The van der Waals surface area contributed by atoms with Gasteiger partial charge in [-0.2, -0.15) is 0 Å². The first-order chi connectivity index (χ1) is 7.14. The molecule has 0 bridgehead atoms. The van der Waals surface area contributed by atoms with E-state index in [9.17, 15) is 9.59 Å². The van der Waals surface area contributed by atoms with E-state index in [1.807, 2.05) is 0 Å². The molecular formula is C10H16N2O3. The summed E-state index contributed by atoms with van der Waals surface area (Å²) in [6, 6.07) is -0.193. The van der Waals surface area contributed by atoms with Gasteiger partial charge in [0.2, 0.25) is 5.91 Å². The zero-order chi connectivity index (χ0) is 10.9. The summed E-state index contributed by atoms with van der Waals surface area (Å²) in [6.45, 7) is 0.845. The minimum absolute atomic E-state index is 0.158. The van der Waals surface area contributed by atoms with Crippen LogP contribution in [0.3, 0.4) is 0 Å². The largest absolute Gasteiger partial charge is 0.480 e. The van der Waals surface area contributed by atoms with E-state index in [0.717, 1.165) is 25.8 Å². The summed E-state index contributed by atoms with van der Waals surface area (Å²) in [6.07, 6.45) is 3.78. The monoisotopic (exact) mass is 212 g/mol. The maximum atomic E-state index is 11.7. The minimum atomic E-state index is -0.971. The molecule has 1 aliphatic heterocycles. The number of aliphatic carboxylic acids is 1. The van der Waals surface area contributed by atoms with Crippen molar-refractivity contribution in [3.05, 3.63) is 0 Å². The number of carboxylic acids is 1.